The van der Waals surface area contributed by atoms with E-state index >= 15 is 0 Å². The molecule has 0 saturated heterocycles. The maximum absolute atomic E-state index is 9.11. The van der Waals surface area contributed by atoms with Gasteiger partial charge in [-0.1, -0.05) is 19.8 Å². The molecule has 0 spiro atoms. The number of anilines is 1. The van der Waals surface area contributed by atoms with Gasteiger partial charge in [-0.05, 0) is 37.8 Å². The molecule has 1 fully saturated rings. The normalized spacial score (nSPS) is 21.8. The molecule has 0 bridgehead atoms. The van der Waals surface area contributed by atoms with Crippen molar-refractivity contribution >= 4 is 17.0 Å². The fraction of sp³-hybridized carbons (Fsp3) is 0.500. The first-order chi connectivity index (χ1) is 10.6. The summed E-state index contributed by atoms with van der Waals surface area (Å²) in [5.74, 6) is 0.557. The van der Waals surface area contributed by atoms with Crippen molar-refractivity contribution in [1.82, 2.24) is 15.1 Å². The fourth-order valence-corrected chi connectivity index (χ4v) is 3.31. The Morgan fingerprint density at radius 2 is 2.14 bits per heavy atom. The first kappa shape index (κ1) is 14.8. The van der Waals surface area contributed by atoms with Crippen LogP contribution in [0.4, 0.5) is 5.69 Å². The predicted molar refractivity (Wildman–Crippen MR) is 86.7 cm³/mol. The van der Waals surface area contributed by atoms with Crippen LogP contribution in [0.5, 0.6) is 0 Å². The molecular formula is C16H23N5O. The number of nitrogens with one attached hydrogen (secondary N) is 3. The standard InChI is InChI=1S/C16H23N5O/c1-10-5-3-4-6-13(10)19-15-12(16(17)20-22)9-18-21-11(2)7-8-14(15)21/h7-10,13,19,22H,3-6H2,1-2H3,(H2,17,20). The van der Waals surface area contributed by atoms with Crippen LogP contribution in [-0.2, 0) is 0 Å². The number of amidine groups is 1. The Labute approximate surface area is 130 Å². The summed E-state index contributed by atoms with van der Waals surface area (Å²) in [6.45, 7) is 4.27. The molecule has 4 N–H and O–H groups in total. The van der Waals surface area contributed by atoms with Crippen molar-refractivity contribution in [3.05, 3.63) is 29.6 Å². The Balaban J connectivity index is 2.05. The lowest BCUT2D eigenvalue weighted by molar-refractivity contribution is 0.234. The number of hydroxylamine groups is 1. The minimum atomic E-state index is -0.0418. The average Bonchev–Trinajstić information content (AvgIpc) is 2.91. The van der Waals surface area contributed by atoms with Gasteiger partial charge in [0.1, 0.15) is 0 Å². The molecule has 0 radical (unpaired) electrons. The Hall–Kier alpha value is -2.08. The number of fused-ring (bicyclic) bond motifs is 1. The van der Waals surface area contributed by atoms with Crippen LogP contribution in [-0.4, -0.2) is 26.7 Å². The topological polar surface area (TPSA) is 85.4 Å². The fourth-order valence-electron chi connectivity index (χ4n) is 3.31. The second-order valence-corrected chi connectivity index (χ2v) is 6.20. The number of nitrogens with zero attached hydrogens (tertiary/aromatic N) is 2. The minimum Gasteiger partial charge on any atom is -0.380 e. The Bertz CT molecular complexity index is 693. The smallest absolute Gasteiger partial charge is 0.153 e. The molecular weight excluding hydrogens is 278 g/mol. The maximum atomic E-state index is 9.11. The van der Waals surface area contributed by atoms with Gasteiger partial charge in [0.15, 0.2) is 5.84 Å². The molecule has 118 valence electrons. The van der Waals surface area contributed by atoms with Crippen LogP contribution in [0.2, 0.25) is 0 Å². The zero-order valence-corrected chi connectivity index (χ0v) is 13.1. The SMILES string of the molecule is Cc1ccc2c(NC3CCCCC3C)c(C(=N)NO)cnn12. The van der Waals surface area contributed by atoms with Crippen molar-refractivity contribution in [2.75, 3.05) is 5.32 Å². The van der Waals surface area contributed by atoms with Crippen LogP contribution in [0, 0.1) is 18.3 Å². The molecule has 22 heavy (non-hydrogen) atoms. The summed E-state index contributed by atoms with van der Waals surface area (Å²) in [6, 6.07) is 4.41. The van der Waals surface area contributed by atoms with Crippen LogP contribution >= 0.6 is 0 Å². The molecule has 2 aromatic rings. The highest BCUT2D eigenvalue weighted by molar-refractivity contribution is 6.03. The number of aryl methyl sites for hydroxylation is 1. The summed E-state index contributed by atoms with van der Waals surface area (Å²) >= 11 is 0. The van der Waals surface area contributed by atoms with Gasteiger partial charge in [0, 0.05) is 11.7 Å². The van der Waals surface area contributed by atoms with Gasteiger partial charge in [-0.15, -0.1) is 0 Å². The lowest BCUT2D eigenvalue weighted by Crippen LogP contribution is -2.32. The first-order valence-electron chi connectivity index (χ1n) is 7.84. The zero-order chi connectivity index (χ0) is 15.7. The molecule has 0 amide bonds. The quantitative estimate of drug-likeness (QED) is 0.399. The van der Waals surface area contributed by atoms with E-state index in [0.717, 1.165) is 23.3 Å². The molecule has 2 aromatic heterocycles. The first-order valence-corrected chi connectivity index (χ1v) is 7.84. The average molecular weight is 301 g/mol. The number of hydrogen-bond acceptors (Lipinski definition) is 4. The molecule has 2 unspecified atom stereocenters. The Morgan fingerprint density at radius 1 is 1.36 bits per heavy atom. The van der Waals surface area contributed by atoms with E-state index in [2.05, 4.69) is 17.3 Å². The molecule has 1 saturated carbocycles. The monoisotopic (exact) mass is 301 g/mol. The summed E-state index contributed by atoms with van der Waals surface area (Å²) in [4.78, 5) is 0. The third kappa shape index (κ3) is 2.54. The number of rotatable bonds is 3. The van der Waals surface area contributed by atoms with Crippen LogP contribution in [0.3, 0.4) is 0 Å². The van der Waals surface area contributed by atoms with Gasteiger partial charge in [0.2, 0.25) is 0 Å². The molecule has 6 nitrogen and oxygen atoms in total. The van der Waals surface area contributed by atoms with Gasteiger partial charge in [-0.3, -0.25) is 16.1 Å². The van der Waals surface area contributed by atoms with Crippen LogP contribution in [0.1, 0.15) is 43.9 Å². The van der Waals surface area contributed by atoms with Crippen molar-refractivity contribution in [2.24, 2.45) is 5.92 Å². The third-order valence-corrected chi connectivity index (χ3v) is 4.69. The van der Waals surface area contributed by atoms with E-state index in [1.165, 1.54) is 19.3 Å². The highest BCUT2D eigenvalue weighted by Gasteiger charge is 2.24. The van der Waals surface area contributed by atoms with E-state index in [1.807, 2.05) is 29.1 Å². The Kier molecular flexibility index (Phi) is 4.02. The van der Waals surface area contributed by atoms with Gasteiger partial charge in [-0.25, -0.2) is 4.52 Å². The third-order valence-electron chi connectivity index (χ3n) is 4.69. The predicted octanol–water partition coefficient (Wildman–Crippen LogP) is 2.94. The summed E-state index contributed by atoms with van der Waals surface area (Å²) in [5.41, 5.74) is 5.38. The van der Waals surface area contributed by atoms with Gasteiger partial charge < -0.3 is 5.32 Å². The largest absolute Gasteiger partial charge is 0.380 e. The maximum Gasteiger partial charge on any atom is 0.153 e. The second kappa shape index (κ2) is 5.96. The molecule has 1 aliphatic rings. The van der Waals surface area contributed by atoms with Crippen molar-refractivity contribution in [2.45, 2.75) is 45.6 Å². The van der Waals surface area contributed by atoms with E-state index in [1.54, 1.807) is 6.20 Å². The van der Waals surface area contributed by atoms with Crippen LogP contribution in [0.15, 0.2) is 18.3 Å². The lowest BCUT2D eigenvalue weighted by Gasteiger charge is -2.31. The Morgan fingerprint density at radius 3 is 2.86 bits per heavy atom. The van der Waals surface area contributed by atoms with E-state index in [9.17, 15) is 0 Å². The van der Waals surface area contributed by atoms with Crippen LogP contribution in [0.25, 0.3) is 5.52 Å². The zero-order valence-electron chi connectivity index (χ0n) is 13.1. The van der Waals surface area contributed by atoms with E-state index < -0.39 is 0 Å². The number of hydrogen-bond donors (Lipinski definition) is 4. The molecule has 1 aliphatic carbocycles. The summed E-state index contributed by atoms with van der Waals surface area (Å²) in [5, 5.41) is 25.0. The van der Waals surface area contributed by atoms with Crippen LogP contribution < -0.4 is 10.8 Å². The highest BCUT2D eigenvalue weighted by Crippen LogP contribution is 2.30. The van der Waals surface area contributed by atoms with Gasteiger partial charge in [-0.2, -0.15) is 5.10 Å². The van der Waals surface area contributed by atoms with Gasteiger partial charge in [0.25, 0.3) is 0 Å². The van der Waals surface area contributed by atoms with E-state index in [0.29, 0.717) is 17.5 Å². The lowest BCUT2D eigenvalue weighted by atomic mass is 9.85. The molecule has 3 rings (SSSR count). The second-order valence-electron chi connectivity index (χ2n) is 6.20. The molecule has 2 heterocycles. The summed E-state index contributed by atoms with van der Waals surface area (Å²) in [6.07, 6.45) is 6.50. The van der Waals surface area contributed by atoms with Crippen molar-refractivity contribution in [1.29, 1.82) is 5.41 Å². The van der Waals surface area contributed by atoms with Crippen molar-refractivity contribution in [3.8, 4) is 0 Å². The molecule has 0 aromatic carbocycles. The summed E-state index contributed by atoms with van der Waals surface area (Å²) < 4.78 is 1.87. The van der Waals surface area contributed by atoms with Crippen molar-refractivity contribution < 1.29 is 5.21 Å². The summed E-state index contributed by atoms with van der Waals surface area (Å²) in [7, 11) is 0. The molecule has 2 atom stereocenters. The van der Waals surface area contributed by atoms with Gasteiger partial charge >= 0.3 is 0 Å². The number of aromatic nitrogens is 2. The highest BCUT2D eigenvalue weighted by atomic mass is 16.5. The van der Waals surface area contributed by atoms with E-state index in [-0.39, 0.29) is 5.84 Å². The van der Waals surface area contributed by atoms with Crippen molar-refractivity contribution in [3.63, 3.8) is 0 Å². The molecule has 0 aliphatic heterocycles. The minimum absolute atomic E-state index is 0.0418. The van der Waals surface area contributed by atoms with E-state index in [4.69, 9.17) is 10.6 Å². The molecule has 6 heteroatoms. The van der Waals surface area contributed by atoms with Gasteiger partial charge in [0.05, 0.1) is 23.0 Å².